The Morgan fingerprint density at radius 1 is 0.548 bits per heavy atom. The van der Waals surface area contributed by atoms with E-state index in [0.717, 1.165) is 22.3 Å². The van der Waals surface area contributed by atoms with Crippen molar-refractivity contribution in [3.05, 3.63) is 144 Å². The van der Waals surface area contributed by atoms with Crippen molar-refractivity contribution in [3.8, 4) is 0 Å². The maximum Gasteiger partial charge on any atom is 0.161 e. The van der Waals surface area contributed by atoms with Gasteiger partial charge in [-0.15, -0.1) is 0 Å². The van der Waals surface area contributed by atoms with E-state index >= 15 is 0 Å². The van der Waals surface area contributed by atoms with Crippen LogP contribution in [-0.2, 0) is 60.9 Å². The lowest BCUT2D eigenvalue weighted by atomic mass is 9.98. The molecule has 220 valence electrons. The predicted octanol–water partition coefficient (Wildman–Crippen LogP) is 6.06. The highest BCUT2D eigenvalue weighted by atomic mass is 32.2. The third-order valence-corrected chi connectivity index (χ3v) is 8.20. The van der Waals surface area contributed by atoms with Gasteiger partial charge in [0.25, 0.3) is 0 Å². The highest BCUT2D eigenvalue weighted by Gasteiger charge is 2.49. The third-order valence-electron chi connectivity index (χ3n) is 7.17. The van der Waals surface area contributed by atoms with Gasteiger partial charge in [0.15, 0.2) is 5.44 Å². The molecule has 0 saturated carbocycles. The Bertz CT molecular complexity index is 1340. The Balaban J connectivity index is 1.41. The van der Waals surface area contributed by atoms with Gasteiger partial charge in [-0.2, -0.15) is 0 Å². The van der Waals surface area contributed by atoms with E-state index in [-0.39, 0.29) is 6.61 Å². The molecular weight excluding hydrogens is 548 g/mol. The van der Waals surface area contributed by atoms with Gasteiger partial charge in [0.2, 0.25) is 0 Å². The predicted molar refractivity (Wildman–Crippen MR) is 164 cm³/mol. The zero-order chi connectivity index (χ0) is 29.0. The van der Waals surface area contributed by atoms with Crippen molar-refractivity contribution >= 4 is 10.8 Å². The van der Waals surface area contributed by atoms with Crippen LogP contribution in [-0.4, -0.2) is 46.9 Å². The molecule has 42 heavy (non-hydrogen) atoms. The number of rotatable bonds is 14. The van der Waals surface area contributed by atoms with Gasteiger partial charge in [0, 0.05) is 6.26 Å². The molecule has 1 unspecified atom stereocenters. The quantitative estimate of drug-likeness (QED) is 0.179. The number of ether oxygens (including phenoxy) is 5. The molecule has 0 spiro atoms. The molecule has 0 aromatic heterocycles. The summed E-state index contributed by atoms with van der Waals surface area (Å²) in [5, 5.41) is 0. The van der Waals surface area contributed by atoms with Gasteiger partial charge in [0.05, 0.1) is 43.8 Å². The highest BCUT2D eigenvalue weighted by Crippen LogP contribution is 2.32. The first-order valence-corrected chi connectivity index (χ1v) is 15.9. The standard InChI is InChI=1S/C35H38O6S/c1-42(36)35-34(40-25-30-20-12-5-13-21-30)33(39-24-29-18-10-4-11-19-29)32(38-23-28-16-8-3-9-17-28)31(41-35)26-37-22-27-14-6-2-7-15-27/h2-21,31-35H,22-26H2,1H3/t31-,32-,33+,34-,35-,42?/m1/s1. The lowest BCUT2D eigenvalue weighted by Crippen LogP contribution is -2.62. The van der Waals surface area contributed by atoms with Gasteiger partial charge in [-0.25, -0.2) is 0 Å². The highest BCUT2D eigenvalue weighted by molar-refractivity contribution is 7.84. The van der Waals surface area contributed by atoms with Crippen molar-refractivity contribution in [2.45, 2.75) is 56.3 Å². The van der Waals surface area contributed by atoms with Crippen LogP contribution in [0.4, 0.5) is 0 Å². The van der Waals surface area contributed by atoms with E-state index in [2.05, 4.69) is 0 Å². The Morgan fingerprint density at radius 2 is 0.929 bits per heavy atom. The van der Waals surface area contributed by atoms with E-state index in [0.29, 0.717) is 26.4 Å². The van der Waals surface area contributed by atoms with Crippen LogP contribution in [0, 0.1) is 0 Å². The van der Waals surface area contributed by atoms with Crippen LogP contribution < -0.4 is 0 Å². The molecule has 1 aliphatic heterocycles. The summed E-state index contributed by atoms with van der Waals surface area (Å²) in [7, 11) is -1.36. The number of hydrogen-bond acceptors (Lipinski definition) is 6. The summed E-state index contributed by atoms with van der Waals surface area (Å²) in [6.45, 7) is 1.71. The van der Waals surface area contributed by atoms with Crippen LogP contribution in [0.2, 0.25) is 0 Å². The van der Waals surface area contributed by atoms with Crippen LogP contribution in [0.3, 0.4) is 0 Å². The van der Waals surface area contributed by atoms with Gasteiger partial charge in [-0.05, 0) is 22.3 Å². The fourth-order valence-corrected chi connectivity index (χ4v) is 5.92. The first-order valence-electron chi connectivity index (χ1n) is 14.2. The molecule has 1 fully saturated rings. The van der Waals surface area contributed by atoms with Gasteiger partial charge in [-0.3, -0.25) is 4.21 Å². The number of benzene rings is 4. The summed E-state index contributed by atoms with van der Waals surface area (Å²) in [6.07, 6.45) is -0.615. The zero-order valence-electron chi connectivity index (χ0n) is 23.8. The summed E-state index contributed by atoms with van der Waals surface area (Å²) >= 11 is 0. The van der Waals surface area contributed by atoms with E-state index < -0.39 is 40.7 Å². The minimum absolute atomic E-state index is 0.249. The van der Waals surface area contributed by atoms with Crippen molar-refractivity contribution < 1.29 is 27.9 Å². The minimum Gasteiger partial charge on any atom is -0.374 e. The summed E-state index contributed by atoms with van der Waals surface area (Å²) in [4.78, 5) is 0. The molecule has 5 rings (SSSR count). The summed E-state index contributed by atoms with van der Waals surface area (Å²) in [5.41, 5.74) is 3.41. The Morgan fingerprint density at radius 3 is 1.36 bits per heavy atom. The van der Waals surface area contributed by atoms with E-state index in [9.17, 15) is 4.21 Å². The van der Waals surface area contributed by atoms with Crippen molar-refractivity contribution in [2.75, 3.05) is 12.9 Å². The molecule has 1 aliphatic rings. The van der Waals surface area contributed by atoms with Crippen molar-refractivity contribution in [1.82, 2.24) is 0 Å². The minimum atomic E-state index is -1.36. The maximum absolute atomic E-state index is 13.1. The molecule has 6 nitrogen and oxygen atoms in total. The van der Waals surface area contributed by atoms with Crippen molar-refractivity contribution in [2.24, 2.45) is 0 Å². The fourth-order valence-electron chi connectivity index (χ4n) is 5.01. The normalized spacial score (nSPS) is 22.9. The molecule has 4 aromatic rings. The van der Waals surface area contributed by atoms with Gasteiger partial charge in [-0.1, -0.05) is 121 Å². The van der Waals surface area contributed by atoms with Crippen LogP contribution in [0.5, 0.6) is 0 Å². The summed E-state index contributed by atoms with van der Waals surface area (Å²) in [5.74, 6) is 0. The lowest BCUT2D eigenvalue weighted by Gasteiger charge is -2.45. The van der Waals surface area contributed by atoms with Gasteiger partial charge >= 0.3 is 0 Å². The van der Waals surface area contributed by atoms with E-state index in [1.54, 1.807) is 6.26 Å². The van der Waals surface area contributed by atoms with Gasteiger partial charge in [0.1, 0.15) is 24.4 Å². The van der Waals surface area contributed by atoms with Crippen LogP contribution in [0.1, 0.15) is 22.3 Å². The second-order valence-corrected chi connectivity index (χ2v) is 11.8. The molecule has 4 aromatic carbocycles. The first-order chi connectivity index (χ1) is 20.7. The molecule has 0 N–H and O–H groups in total. The molecule has 7 heteroatoms. The molecule has 1 heterocycles. The molecule has 6 atom stereocenters. The average molecular weight is 587 g/mol. The molecule has 0 bridgehead atoms. The zero-order valence-corrected chi connectivity index (χ0v) is 24.6. The van der Waals surface area contributed by atoms with Crippen LogP contribution in [0.15, 0.2) is 121 Å². The number of hydrogen-bond donors (Lipinski definition) is 0. The topological polar surface area (TPSA) is 63.2 Å². The van der Waals surface area contributed by atoms with Gasteiger partial charge < -0.3 is 23.7 Å². The Hall–Kier alpha value is -3.17. The molecular formula is C35H38O6S. The Labute approximate surface area is 251 Å². The largest absolute Gasteiger partial charge is 0.374 e. The van der Waals surface area contributed by atoms with Crippen LogP contribution >= 0.6 is 0 Å². The molecule has 1 saturated heterocycles. The lowest BCUT2D eigenvalue weighted by molar-refractivity contribution is -0.255. The average Bonchev–Trinajstić information content (AvgIpc) is 3.04. The smallest absolute Gasteiger partial charge is 0.161 e. The summed E-state index contributed by atoms with van der Waals surface area (Å²) in [6, 6.07) is 39.9. The maximum atomic E-state index is 13.1. The molecule has 0 aliphatic carbocycles. The van der Waals surface area contributed by atoms with Crippen LogP contribution in [0.25, 0.3) is 0 Å². The fraction of sp³-hybridized carbons (Fsp3) is 0.314. The van der Waals surface area contributed by atoms with E-state index in [1.807, 2.05) is 121 Å². The van der Waals surface area contributed by atoms with E-state index in [1.165, 1.54) is 0 Å². The Kier molecular flexibility index (Phi) is 11.5. The SMILES string of the molecule is CS(=O)[C@H]1O[C@H](COCc2ccccc2)[C@@H](OCc2ccccc2)[C@H](OCc2ccccc2)[C@H]1OCc1ccccc1. The summed E-state index contributed by atoms with van der Waals surface area (Å²) < 4.78 is 45.5. The second-order valence-electron chi connectivity index (χ2n) is 10.3. The van der Waals surface area contributed by atoms with Crippen molar-refractivity contribution in [1.29, 1.82) is 0 Å². The molecule has 0 amide bonds. The molecule has 0 radical (unpaired) electrons. The van der Waals surface area contributed by atoms with Crippen molar-refractivity contribution in [3.63, 3.8) is 0 Å². The van der Waals surface area contributed by atoms with E-state index in [4.69, 9.17) is 23.7 Å². The monoisotopic (exact) mass is 586 g/mol. The third kappa shape index (κ3) is 8.67. The second kappa shape index (κ2) is 15.9. The first kappa shape index (κ1) is 30.3.